The Morgan fingerprint density at radius 3 is 2.47 bits per heavy atom. The van der Waals surface area contributed by atoms with E-state index in [4.69, 9.17) is 5.84 Å². The van der Waals surface area contributed by atoms with Gasteiger partial charge >= 0.3 is 0 Å². The van der Waals surface area contributed by atoms with Crippen LogP contribution in [0.4, 0.5) is 5.69 Å². The fraction of sp³-hybridized carbons (Fsp3) is 0.0909. The van der Waals surface area contributed by atoms with Crippen molar-refractivity contribution in [3.63, 3.8) is 0 Å². The molecule has 0 aliphatic carbocycles. The summed E-state index contributed by atoms with van der Waals surface area (Å²) in [4.78, 5) is 7.87. The van der Waals surface area contributed by atoms with E-state index in [1.165, 1.54) is 18.5 Å². The van der Waals surface area contributed by atoms with Crippen LogP contribution in [0.2, 0.25) is 0 Å². The molecule has 0 unspecified atom stereocenters. The van der Waals surface area contributed by atoms with Gasteiger partial charge < -0.3 is 5.43 Å². The number of nitrogens with two attached hydrogens (primary N) is 1. The summed E-state index contributed by atoms with van der Waals surface area (Å²) in [7, 11) is -3.56. The molecule has 0 bridgehead atoms. The third-order valence-corrected chi connectivity index (χ3v) is 3.83. The van der Waals surface area contributed by atoms with E-state index in [0.717, 1.165) is 0 Å². The van der Waals surface area contributed by atoms with Crippen LogP contribution in [-0.4, -0.2) is 18.4 Å². The molecule has 2 aromatic rings. The molecular formula is C11H13N5O2S. The zero-order chi connectivity index (χ0) is 13.7. The summed E-state index contributed by atoms with van der Waals surface area (Å²) in [5.41, 5.74) is 3.66. The van der Waals surface area contributed by atoms with Gasteiger partial charge in [-0.05, 0) is 30.3 Å². The summed E-state index contributed by atoms with van der Waals surface area (Å²) in [5.74, 6) is 5.21. The van der Waals surface area contributed by atoms with Crippen LogP contribution in [-0.2, 0) is 16.6 Å². The van der Waals surface area contributed by atoms with E-state index in [1.807, 2.05) is 0 Å². The third kappa shape index (κ3) is 3.47. The molecule has 0 saturated heterocycles. The second-order valence-corrected chi connectivity index (χ2v) is 5.46. The lowest BCUT2D eigenvalue weighted by Crippen LogP contribution is -2.23. The molecule has 0 aliphatic heterocycles. The predicted octanol–water partition coefficient (Wildman–Crippen LogP) is 0.241. The molecule has 2 rings (SSSR count). The lowest BCUT2D eigenvalue weighted by atomic mass is 10.3. The van der Waals surface area contributed by atoms with Crippen molar-refractivity contribution in [2.75, 3.05) is 5.43 Å². The lowest BCUT2D eigenvalue weighted by Gasteiger charge is -2.07. The van der Waals surface area contributed by atoms with Crippen molar-refractivity contribution in [3.05, 3.63) is 48.5 Å². The molecule has 100 valence electrons. The van der Waals surface area contributed by atoms with Gasteiger partial charge in [0.15, 0.2) is 0 Å². The normalized spacial score (nSPS) is 11.2. The van der Waals surface area contributed by atoms with E-state index in [9.17, 15) is 8.42 Å². The standard InChI is InChI=1S/C11H13N5O2S/c12-16-9-1-3-11(4-2-9)19(17,18)15-7-10-5-6-13-8-14-10/h1-6,8,15-16H,7,12H2. The summed E-state index contributed by atoms with van der Waals surface area (Å²) >= 11 is 0. The van der Waals surface area contributed by atoms with Gasteiger partial charge in [0.05, 0.1) is 17.1 Å². The van der Waals surface area contributed by atoms with E-state index in [-0.39, 0.29) is 11.4 Å². The topological polar surface area (TPSA) is 110 Å². The highest BCUT2D eigenvalue weighted by atomic mass is 32.2. The molecule has 0 fully saturated rings. The van der Waals surface area contributed by atoms with Gasteiger partial charge in [-0.1, -0.05) is 0 Å². The van der Waals surface area contributed by atoms with Gasteiger partial charge in [0.1, 0.15) is 6.33 Å². The van der Waals surface area contributed by atoms with Crippen molar-refractivity contribution < 1.29 is 8.42 Å². The monoisotopic (exact) mass is 279 g/mol. The number of rotatable bonds is 5. The van der Waals surface area contributed by atoms with E-state index >= 15 is 0 Å². The highest BCUT2D eigenvalue weighted by Gasteiger charge is 2.13. The molecule has 8 heteroatoms. The maximum Gasteiger partial charge on any atom is 0.240 e. The van der Waals surface area contributed by atoms with Crippen molar-refractivity contribution in [2.24, 2.45) is 5.84 Å². The van der Waals surface area contributed by atoms with Crippen molar-refractivity contribution in [1.29, 1.82) is 0 Å². The van der Waals surface area contributed by atoms with Crippen LogP contribution in [0, 0.1) is 0 Å². The Balaban J connectivity index is 2.09. The minimum Gasteiger partial charge on any atom is -0.324 e. The van der Waals surface area contributed by atoms with Crippen molar-refractivity contribution in [1.82, 2.24) is 14.7 Å². The van der Waals surface area contributed by atoms with Gasteiger partial charge in [-0.2, -0.15) is 0 Å². The molecule has 1 heterocycles. The van der Waals surface area contributed by atoms with Crippen LogP contribution in [0.5, 0.6) is 0 Å². The zero-order valence-electron chi connectivity index (χ0n) is 9.95. The smallest absolute Gasteiger partial charge is 0.240 e. The first kappa shape index (κ1) is 13.4. The third-order valence-electron chi connectivity index (χ3n) is 2.42. The highest BCUT2D eigenvalue weighted by molar-refractivity contribution is 7.89. The number of nitrogen functional groups attached to an aromatic ring is 1. The molecule has 0 atom stereocenters. The number of benzene rings is 1. The van der Waals surface area contributed by atoms with Gasteiger partial charge in [0.2, 0.25) is 10.0 Å². The zero-order valence-corrected chi connectivity index (χ0v) is 10.8. The molecular weight excluding hydrogens is 266 g/mol. The molecule has 0 aliphatic rings. The Kier molecular flexibility index (Phi) is 4.05. The number of hydrogen-bond acceptors (Lipinski definition) is 6. The summed E-state index contributed by atoms with van der Waals surface area (Å²) < 4.78 is 26.5. The number of aromatic nitrogens is 2. The predicted molar refractivity (Wildman–Crippen MR) is 70.3 cm³/mol. The number of nitrogens with zero attached hydrogens (tertiary/aromatic N) is 2. The Hall–Kier alpha value is -2.03. The van der Waals surface area contributed by atoms with Crippen LogP contribution in [0.15, 0.2) is 47.8 Å². The van der Waals surface area contributed by atoms with Crippen molar-refractivity contribution >= 4 is 15.7 Å². The van der Waals surface area contributed by atoms with E-state index in [0.29, 0.717) is 11.4 Å². The second kappa shape index (κ2) is 5.74. The van der Waals surface area contributed by atoms with Crippen LogP contribution < -0.4 is 16.0 Å². The maximum atomic E-state index is 12.0. The molecule has 1 aromatic carbocycles. The maximum absolute atomic E-state index is 12.0. The molecule has 19 heavy (non-hydrogen) atoms. The average Bonchev–Trinajstić information content (AvgIpc) is 2.46. The first-order valence-corrected chi connectivity index (χ1v) is 6.91. The average molecular weight is 279 g/mol. The minimum absolute atomic E-state index is 0.113. The number of sulfonamides is 1. The van der Waals surface area contributed by atoms with Gasteiger partial charge in [-0.25, -0.2) is 23.1 Å². The molecule has 0 spiro atoms. The molecule has 1 aromatic heterocycles. The Morgan fingerprint density at radius 1 is 1.16 bits per heavy atom. The summed E-state index contributed by atoms with van der Waals surface area (Å²) in [6.07, 6.45) is 2.92. The number of nitrogens with one attached hydrogen (secondary N) is 2. The molecule has 7 nitrogen and oxygen atoms in total. The summed E-state index contributed by atoms with van der Waals surface area (Å²) in [6, 6.07) is 7.75. The van der Waals surface area contributed by atoms with Gasteiger partial charge in [-0.15, -0.1) is 0 Å². The molecule has 0 radical (unpaired) electrons. The molecule has 4 N–H and O–H groups in total. The van der Waals surface area contributed by atoms with E-state index in [2.05, 4.69) is 20.1 Å². The lowest BCUT2D eigenvalue weighted by molar-refractivity contribution is 0.580. The number of anilines is 1. The van der Waals surface area contributed by atoms with Gasteiger partial charge in [0.25, 0.3) is 0 Å². The molecule has 0 saturated carbocycles. The summed E-state index contributed by atoms with van der Waals surface area (Å²) in [6.45, 7) is 0.113. The summed E-state index contributed by atoms with van der Waals surface area (Å²) in [5, 5.41) is 0. The van der Waals surface area contributed by atoms with E-state index < -0.39 is 10.0 Å². The number of hydrazine groups is 1. The fourth-order valence-electron chi connectivity index (χ4n) is 1.41. The Labute approximate surface area is 110 Å². The quantitative estimate of drug-likeness (QED) is 0.534. The van der Waals surface area contributed by atoms with Crippen LogP contribution >= 0.6 is 0 Å². The Bertz CT molecular complexity index is 628. The first-order valence-electron chi connectivity index (χ1n) is 5.43. The SMILES string of the molecule is NNc1ccc(S(=O)(=O)NCc2ccncn2)cc1. The Morgan fingerprint density at radius 2 is 1.89 bits per heavy atom. The molecule has 0 amide bonds. The first-order chi connectivity index (χ1) is 9.12. The van der Waals surface area contributed by atoms with Gasteiger partial charge in [-0.3, -0.25) is 5.84 Å². The van der Waals surface area contributed by atoms with Crippen LogP contribution in [0.3, 0.4) is 0 Å². The largest absolute Gasteiger partial charge is 0.324 e. The second-order valence-electron chi connectivity index (χ2n) is 3.69. The van der Waals surface area contributed by atoms with Crippen molar-refractivity contribution in [2.45, 2.75) is 11.4 Å². The van der Waals surface area contributed by atoms with Crippen LogP contribution in [0.25, 0.3) is 0 Å². The van der Waals surface area contributed by atoms with Gasteiger partial charge in [0, 0.05) is 11.9 Å². The number of hydrogen-bond donors (Lipinski definition) is 3. The van der Waals surface area contributed by atoms with E-state index in [1.54, 1.807) is 24.4 Å². The minimum atomic E-state index is -3.56. The van der Waals surface area contributed by atoms with Crippen LogP contribution in [0.1, 0.15) is 5.69 Å². The highest BCUT2D eigenvalue weighted by Crippen LogP contribution is 2.13. The fourth-order valence-corrected chi connectivity index (χ4v) is 2.40. The van der Waals surface area contributed by atoms with Crippen molar-refractivity contribution in [3.8, 4) is 0 Å².